The third-order valence-corrected chi connectivity index (χ3v) is 4.65. The maximum Gasteiger partial charge on any atom is 0.0755 e. The lowest BCUT2D eigenvalue weighted by Crippen LogP contribution is -2.50. The van der Waals surface area contributed by atoms with E-state index in [-0.39, 0.29) is 0 Å². The molecule has 1 aliphatic carbocycles. The van der Waals surface area contributed by atoms with Crippen molar-refractivity contribution < 1.29 is 9.47 Å². The van der Waals surface area contributed by atoms with Crippen molar-refractivity contribution in [1.82, 2.24) is 5.32 Å². The Kier molecular flexibility index (Phi) is 5.93. The first kappa shape index (κ1) is 14.3. The summed E-state index contributed by atoms with van der Waals surface area (Å²) in [5, 5.41) is 3.67. The van der Waals surface area contributed by atoms with Gasteiger partial charge in [-0.15, -0.1) is 0 Å². The maximum atomic E-state index is 5.90. The van der Waals surface area contributed by atoms with Crippen LogP contribution in [0.1, 0.15) is 45.4 Å². The van der Waals surface area contributed by atoms with Crippen molar-refractivity contribution in [2.24, 2.45) is 11.8 Å². The lowest BCUT2D eigenvalue weighted by Gasteiger charge is -2.37. The maximum absolute atomic E-state index is 5.90. The fourth-order valence-electron chi connectivity index (χ4n) is 3.72. The quantitative estimate of drug-likeness (QED) is 0.791. The Labute approximate surface area is 112 Å². The van der Waals surface area contributed by atoms with Crippen LogP contribution in [0.15, 0.2) is 0 Å². The fraction of sp³-hybridized carbons (Fsp3) is 1.00. The first-order valence-corrected chi connectivity index (χ1v) is 7.70. The van der Waals surface area contributed by atoms with E-state index in [1.165, 1.54) is 38.5 Å². The Morgan fingerprint density at radius 1 is 1.17 bits per heavy atom. The molecule has 3 nitrogen and oxygen atoms in total. The molecule has 1 heterocycles. The zero-order valence-corrected chi connectivity index (χ0v) is 12.0. The van der Waals surface area contributed by atoms with Crippen LogP contribution >= 0.6 is 0 Å². The van der Waals surface area contributed by atoms with E-state index in [0.29, 0.717) is 18.1 Å². The van der Waals surface area contributed by atoms with E-state index < -0.39 is 0 Å². The number of nitrogens with one attached hydrogen (secondary N) is 1. The third kappa shape index (κ3) is 3.46. The Balaban J connectivity index is 1.99. The van der Waals surface area contributed by atoms with E-state index >= 15 is 0 Å². The van der Waals surface area contributed by atoms with Crippen molar-refractivity contribution in [3.8, 4) is 0 Å². The summed E-state index contributed by atoms with van der Waals surface area (Å²) in [6.45, 7) is 5.04. The summed E-state index contributed by atoms with van der Waals surface area (Å²) in [5.74, 6) is 1.38. The minimum absolute atomic E-state index is 0.372. The standard InChI is InChI=1S/C15H29NO2/c1-3-16-14(13-9-10-18-11-13)15(17-2)12-7-5-4-6-8-12/h12-16H,3-11H2,1-2H3. The van der Waals surface area contributed by atoms with Crippen LogP contribution < -0.4 is 5.32 Å². The Morgan fingerprint density at radius 2 is 1.94 bits per heavy atom. The molecule has 3 atom stereocenters. The van der Waals surface area contributed by atoms with Crippen molar-refractivity contribution in [2.75, 3.05) is 26.9 Å². The van der Waals surface area contributed by atoms with Gasteiger partial charge in [0, 0.05) is 25.7 Å². The molecule has 106 valence electrons. The summed E-state index contributed by atoms with van der Waals surface area (Å²) in [6.07, 6.45) is 8.41. The molecule has 0 amide bonds. The summed E-state index contributed by atoms with van der Waals surface area (Å²) in [4.78, 5) is 0. The van der Waals surface area contributed by atoms with Gasteiger partial charge in [0.05, 0.1) is 12.7 Å². The van der Waals surface area contributed by atoms with Gasteiger partial charge in [0.1, 0.15) is 0 Å². The minimum atomic E-state index is 0.372. The van der Waals surface area contributed by atoms with Crippen molar-refractivity contribution in [1.29, 1.82) is 0 Å². The third-order valence-electron chi connectivity index (χ3n) is 4.65. The van der Waals surface area contributed by atoms with Gasteiger partial charge in [-0.2, -0.15) is 0 Å². The number of likely N-dealkylation sites (N-methyl/N-ethyl adjacent to an activating group) is 1. The highest BCUT2D eigenvalue weighted by atomic mass is 16.5. The molecule has 18 heavy (non-hydrogen) atoms. The number of rotatable bonds is 6. The second kappa shape index (κ2) is 7.46. The van der Waals surface area contributed by atoms with Crippen molar-refractivity contribution in [2.45, 2.75) is 57.6 Å². The van der Waals surface area contributed by atoms with E-state index in [2.05, 4.69) is 12.2 Å². The van der Waals surface area contributed by atoms with Crippen LogP contribution in [0.5, 0.6) is 0 Å². The highest BCUT2D eigenvalue weighted by Crippen LogP contribution is 2.32. The molecule has 2 fully saturated rings. The molecule has 0 aromatic carbocycles. The van der Waals surface area contributed by atoms with E-state index in [9.17, 15) is 0 Å². The van der Waals surface area contributed by atoms with E-state index in [1.54, 1.807) is 0 Å². The smallest absolute Gasteiger partial charge is 0.0755 e. The molecule has 0 aromatic heterocycles. The van der Waals surface area contributed by atoms with Gasteiger partial charge in [-0.25, -0.2) is 0 Å². The van der Waals surface area contributed by atoms with Gasteiger partial charge in [-0.1, -0.05) is 26.2 Å². The zero-order chi connectivity index (χ0) is 12.8. The number of hydrogen-bond donors (Lipinski definition) is 1. The summed E-state index contributed by atoms with van der Waals surface area (Å²) in [6, 6.07) is 0.477. The van der Waals surface area contributed by atoms with Crippen molar-refractivity contribution in [3.05, 3.63) is 0 Å². The van der Waals surface area contributed by atoms with Crippen LogP contribution in [0, 0.1) is 11.8 Å². The summed E-state index contributed by atoms with van der Waals surface area (Å²) < 4.78 is 11.5. The van der Waals surface area contributed by atoms with Gasteiger partial charge in [0.2, 0.25) is 0 Å². The Morgan fingerprint density at radius 3 is 2.50 bits per heavy atom. The Hall–Kier alpha value is -0.120. The summed E-state index contributed by atoms with van der Waals surface area (Å²) in [7, 11) is 1.89. The van der Waals surface area contributed by atoms with Gasteiger partial charge in [0.25, 0.3) is 0 Å². The average Bonchev–Trinajstić information content (AvgIpc) is 2.93. The average molecular weight is 255 g/mol. The van der Waals surface area contributed by atoms with Gasteiger partial charge in [-0.3, -0.25) is 0 Å². The molecule has 1 saturated carbocycles. The molecular formula is C15H29NO2. The molecule has 0 bridgehead atoms. The Bertz CT molecular complexity index is 223. The lowest BCUT2D eigenvalue weighted by molar-refractivity contribution is -0.00870. The number of methoxy groups -OCH3 is 1. The van der Waals surface area contributed by atoms with Crippen LogP contribution in [-0.2, 0) is 9.47 Å². The molecule has 2 aliphatic rings. The molecule has 1 N–H and O–H groups in total. The second-order valence-electron chi connectivity index (χ2n) is 5.81. The molecular weight excluding hydrogens is 226 g/mol. The molecule has 0 radical (unpaired) electrons. The monoisotopic (exact) mass is 255 g/mol. The predicted octanol–water partition coefficient (Wildman–Crippen LogP) is 2.60. The molecule has 2 rings (SSSR count). The molecule has 1 saturated heterocycles. The predicted molar refractivity (Wildman–Crippen MR) is 73.8 cm³/mol. The van der Waals surface area contributed by atoms with E-state index in [0.717, 1.165) is 25.7 Å². The highest BCUT2D eigenvalue weighted by molar-refractivity contribution is 4.90. The van der Waals surface area contributed by atoms with E-state index in [1.807, 2.05) is 7.11 Å². The first-order chi connectivity index (χ1) is 8.86. The van der Waals surface area contributed by atoms with Gasteiger partial charge < -0.3 is 14.8 Å². The fourth-order valence-corrected chi connectivity index (χ4v) is 3.72. The molecule has 1 aliphatic heterocycles. The number of hydrogen-bond acceptors (Lipinski definition) is 3. The van der Waals surface area contributed by atoms with Gasteiger partial charge >= 0.3 is 0 Å². The van der Waals surface area contributed by atoms with Crippen LogP contribution in [0.2, 0.25) is 0 Å². The van der Waals surface area contributed by atoms with Gasteiger partial charge in [0.15, 0.2) is 0 Å². The first-order valence-electron chi connectivity index (χ1n) is 7.70. The highest BCUT2D eigenvalue weighted by Gasteiger charge is 2.36. The van der Waals surface area contributed by atoms with Crippen molar-refractivity contribution >= 4 is 0 Å². The molecule has 3 unspecified atom stereocenters. The zero-order valence-electron chi connectivity index (χ0n) is 12.0. The minimum Gasteiger partial charge on any atom is -0.381 e. The van der Waals surface area contributed by atoms with Crippen LogP contribution in [0.25, 0.3) is 0 Å². The topological polar surface area (TPSA) is 30.5 Å². The lowest BCUT2D eigenvalue weighted by atomic mass is 9.79. The van der Waals surface area contributed by atoms with Crippen LogP contribution in [0.4, 0.5) is 0 Å². The molecule has 0 spiro atoms. The van der Waals surface area contributed by atoms with Crippen molar-refractivity contribution in [3.63, 3.8) is 0 Å². The summed E-state index contributed by atoms with van der Waals surface area (Å²) in [5.41, 5.74) is 0. The largest absolute Gasteiger partial charge is 0.381 e. The number of ether oxygens (including phenoxy) is 2. The normalized spacial score (nSPS) is 29.3. The summed E-state index contributed by atoms with van der Waals surface area (Å²) >= 11 is 0. The second-order valence-corrected chi connectivity index (χ2v) is 5.81. The van der Waals surface area contributed by atoms with Crippen LogP contribution in [0.3, 0.4) is 0 Å². The molecule has 3 heteroatoms. The van der Waals surface area contributed by atoms with Crippen LogP contribution in [-0.4, -0.2) is 39.0 Å². The SMILES string of the molecule is CCNC(C1CCOC1)C(OC)C1CCCCC1. The van der Waals surface area contributed by atoms with E-state index in [4.69, 9.17) is 9.47 Å². The molecule has 0 aromatic rings. The van der Waals surface area contributed by atoms with Gasteiger partial charge in [-0.05, 0) is 31.7 Å².